The largest absolute Gasteiger partial charge is 0.355 e. The molecule has 102 valence electrons. The van der Waals surface area contributed by atoms with Gasteiger partial charge in [-0.25, -0.2) is 0 Å². The SMILES string of the molecule is c1cc(N2CC3CCCC3C2)nnc1CNC1CC1. The molecule has 1 aromatic heterocycles. The van der Waals surface area contributed by atoms with Crippen molar-refractivity contribution >= 4 is 5.82 Å². The second kappa shape index (κ2) is 4.75. The molecule has 2 unspecified atom stereocenters. The summed E-state index contributed by atoms with van der Waals surface area (Å²) < 4.78 is 0. The quantitative estimate of drug-likeness (QED) is 0.896. The van der Waals surface area contributed by atoms with E-state index in [0.29, 0.717) is 0 Å². The van der Waals surface area contributed by atoms with Crippen LogP contribution in [-0.2, 0) is 6.54 Å². The molecule has 1 saturated heterocycles. The molecule has 4 rings (SSSR count). The summed E-state index contributed by atoms with van der Waals surface area (Å²) in [4.78, 5) is 2.43. The van der Waals surface area contributed by atoms with Gasteiger partial charge < -0.3 is 10.2 Å². The smallest absolute Gasteiger partial charge is 0.151 e. The van der Waals surface area contributed by atoms with E-state index in [1.807, 2.05) is 0 Å². The molecular weight excluding hydrogens is 236 g/mol. The van der Waals surface area contributed by atoms with Gasteiger partial charge in [0.1, 0.15) is 0 Å². The first-order chi connectivity index (χ1) is 9.38. The van der Waals surface area contributed by atoms with E-state index in [1.54, 1.807) is 0 Å². The standard InChI is InChI=1S/C15H22N4/c1-2-11-9-19(10-12(11)3-1)15-7-6-14(17-18-15)8-16-13-4-5-13/h6-7,11-13,16H,1-5,8-10H2. The van der Waals surface area contributed by atoms with Gasteiger partial charge in [-0.3, -0.25) is 0 Å². The van der Waals surface area contributed by atoms with Gasteiger partial charge in [0.05, 0.1) is 5.69 Å². The number of hydrogen-bond acceptors (Lipinski definition) is 4. The van der Waals surface area contributed by atoms with E-state index in [-0.39, 0.29) is 0 Å². The van der Waals surface area contributed by atoms with Crippen molar-refractivity contribution in [3.63, 3.8) is 0 Å². The number of hydrogen-bond donors (Lipinski definition) is 1. The van der Waals surface area contributed by atoms with Crippen LogP contribution in [0.5, 0.6) is 0 Å². The van der Waals surface area contributed by atoms with Gasteiger partial charge >= 0.3 is 0 Å². The first-order valence-electron chi connectivity index (χ1n) is 7.69. The highest BCUT2D eigenvalue weighted by molar-refractivity contribution is 5.39. The summed E-state index contributed by atoms with van der Waals surface area (Å²) in [7, 11) is 0. The van der Waals surface area contributed by atoms with Crippen LogP contribution in [0.3, 0.4) is 0 Å². The average molecular weight is 258 g/mol. The third-order valence-corrected chi connectivity index (χ3v) is 4.91. The van der Waals surface area contributed by atoms with E-state index < -0.39 is 0 Å². The number of fused-ring (bicyclic) bond motifs is 1. The van der Waals surface area contributed by atoms with Crippen molar-refractivity contribution in [1.29, 1.82) is 0 Å². The maximum atomic E-state index is 4.42. The molecule has 0 bridgehead atoms. The summed E-state index contributed by atoms with van der Waals surface area (Å²) >= 11 is 0. The molecule has 19 heavy (non-hydrogen) atoms. The van der Waals surface area contributed by atoms with Crippen molar-refractivity contribution in [3.05, 3.63) is 17.8 Å². The molecule has 4 heteroatoms. The van der Waals surface area contributed by atoms with Crippen LogP contribution in [0.15, 0.2) is 12.1 Å². The van der Waals surface area contributed by atoms with Crippen LogP contribution in [0, 0.1) is 11.8 Å². The van der Waals surface area contributed by atoms with E-state index in [1.165, 1.54) is 45.2 Å². The molecule has 0 aromatic carbocycles. The predicted octanol–water partition coefficient (Wildman–Crippen LogP) is 1.96. The second-order valence-corrected chi connectivity index (χ2v) is 6.39. The highest BCUT2D eigenvalue weighted by atomic mass is 15.3. The fourth-order valence-electron chi connectivity index (χ4n) is 3.57. The molecule has 3 aliphatic rings. The Kier molecular flexibility index (Phi) is 2.91. The zero-order valence-corrected chi connectivity index (χ0v) is 11.4. The molecule has 2 atom stereocenters. The van der Waals surface area contributed by atoms with Gasteiger partial charge in [-0.2, -0.15) is 5.10 Å². The van der Waals surface area contributed by atoms with Crippen LogP contribution < -0.4 is 10.2 Å². The minimum atomic E-state index is 0.736. The molecule has 0 spiro atoms. The van der Waals surface area contributed by atoms with Crippen molar-refractivity contribution in [2.75, 3.05) is 18.0 Å². The van der Waals surface area contributed by atoms with Crippen molar-refractivity contribution in [3.8, 4) is 0 Å². The number of anilines is 1. The third-order valence-electron chi connectivity index (χ3n) is 4.91. The first-order valence-corrected chi connectivity index (χ1v) is 7.69. The molecule has 3 fully saturated rings. The molecule has 0 amide bonds. The monoisotopic (exact) mass is 258 g/mol. The summed E-state index contributed by atoms with van der Waals surface area (Å²) in [5.41, 5.74) is 1.06. The van der Waals surface area contributed by atoms with E-state index >= 15 is 0 Å². The molecule has 1 aliphatic heterocycles. The topological polar surface area (TPSA) is 41.1 Å². The van der Waals surface area contributed by atoms with Crippen LogP contribution in [0.1, 0.15) is 37.8 Å². The summed E-state index contributed by atoms with van der Waals surface area (Å²) in [5, 5.41) is 12.3. The van der Waals surface area contributed by atoms with E-state index in [4.69, 9.17) is 0 Å². The van der Waals surface area contributed by atoms with Gasteiger partial charge in [0.2, 0.25) is 0 Å². The number of aromatic nitrogens is 2. The van der Waals surface area contributed by atoms with Crippen LogP contribution in [-0.4, -0.2) is 29.3 Å². The molecule has 2 aliphatic carbocycles. The van der Waals surface area contributed by atoms with Crippen molar-refractivity contribution in [2.45, 2.75) is 44.7 Å². The Balaban J connectivity index is 1.38. The fourth-order valence-corrected chi connectivity index (χ4v) is 3.57. The Morgan fingerprint density at radius 2 is 1.84 bits per heavy atom. The maximum Gasteiger partial charge on any atom is 0.151 e. The molecule has 1 aromatic rings. The lowest BCUT2D eigenvalue weighted by atomic mass is 10.0. The third kappa shape index (κ3) is 2.46. The van der Waals surface area contributed by atoms with Crippen molar-refractivity contribution in [2.24, 2.45) is 11.8 Å². The molecule has 2 saturated carbocycles. The highest BCUT2D eigenvalue weighted by Crippen LogP contribution is 2.38. The lowest BCUT2D eigenvalue weighted by Crippen LogP contribution is -2.23. The van der Waals surface area contributed by atoms with Gasteiger partial charge in [-0.1, -0.05) is 6.42 Å². The normalized spacial score (nSPS) is 29.8. The Bertz CT molecular complexity index is 428. The van der Waals surface area contributed by atoms with Gasteiger partial charge in [-0.05, 0) is 49.7 Å². The Labute approximate surface area is 114 Å². The lowest BCUT2D eigenvalue weighted by Gasteiger charge is -2.17. The molecule has 4 nitrogen and oxygen atoms in total. The van der Waals surface area contributed by atoms with E-state index in [9.17, 15) is 0 Å². The van der Waals surface area contributed by atoms with E-state index in [2.05, 4.69) is 32.5 Å². The predicted molar refractivity (Wildman–Crippen MR) is 74.9 cm³/mol. The number of nitrogens with zero attached hydrogens (tertiary/aromatic N) is 3. The minimum Gasteiger partial charge on any atom is -0.355 e. The Morgan fingerprint density at radius 3 is 2.47 bits per heavy atom. The number of rotatable bonds is 4. The summed E-state index contributed by atoms with van der Waals surface area (Å²) in [6.45, 7) is 3.25. The molecule has 0 radical (unpaired) electrons. The zero-order chi connectivity index (χ0) is 12.7. The Hall–Kier alpha value is -1.16. The first kappa shape index (κ1) is 11.6. The summed E-state index contributed by atoms with van der Waals surface area (Å²) in [5.74, 6) is 2.90. The average Bonchev–Trinajstić information content (AvgIpc) is 3.01. The van der Waals surface area contributed by atoms with Crippen molar-refractivity contribution < 1.29 is 0 Å². The van der Waals surface area contributed by atoms with E-state index in [0.717, 1.165) is 35.9 Å². The van der Waals surface area contributed by atoms with Crippen LogP contribution >= 0.6 is 0 Å². The van der Waals surface area contributed by atoms with Crippen LogP contribution in [0.2, 0.25) is 0 Å². The van der Waals surface area contributed by atoms with Crippen LogP contribution in [0.25, 0.3) is 0 Å². The maximum absolute atomic E-state index is 4.42. The lowest BCUT2D eigenvalue weighted by molar-refractivity contribution is 0.494. The highest BCUT2D eigenvalue weighted by Gasteiger charge is 2.36. The van der Waals surface area contributed by atoms with Gasteiger partial charge in [0.25, 0.3) is 0 Å². The number of nitrogens with one attached hydrogen (secondary N) is 1. The van der Waals surface area contributed by atoms with Gasteiger partial charge in [-0.15, -0.1) is 5.10 Å². The molecule has 1 N–H and O–H groups in total. The van der Waals surface area contributed by atoms with Crippen molar-refractivity contribution in [1.82, 2.24) is 15.5 Å². The Morgan fingerprint density at radius 1 is 1.05 bits per heavy atom. The minimum absolute atomic E-state index is 0.736. The van der Waals surface area contributed by atoms with Gasteiger partial charge in [0, 0.05) is 25.7 Å². The molecule has 2 heterocycles. The zero-order valence-electron chi connectivity index (χ0n) is 11.4. The van der Waals surface area contributed by atoms with Crippen LogP contribution in [0.4, 0.5) is 5.82 Å². The molecular formula is C15H22N4. The fraction of sp³-hybridized carbons (Fsp3) is 0.733. The summed E-state index contributed by atoms with van der Waals surface area (Å²) in [6.07, 6.45) is 6.90. The second-order valence-electron chi connectivity index (χ2n) is 6.39. The van der Waals surface area contributed by atoms with Gasteiger partial charge in [0.15, 0.2) is 5.82 Å². The summed E-state index contributed by atoms with van der Waals surface area (Å²) in [6, 6.07) is 5.02.